The number of nitrogens with zero attached hydrogens (tertiary/aromatic N) is 4. The van der Waals surface area contributed by atoms with Crippen LogP contribution in [0.4, 0.5) is 0 Å². The molecule has 1 saturated heterocycles. The van der Waals surface area contributed by atoms with Crippen molar-refractivity contribution in [2.75, 3.05) is 25.9 Å². The van der Waals surface area contributed by atoms with Crippen LogP contribution in [0.15, 0.2) is 47.6 Å². The van der Waals surface area contributed by atoms with E-state index in [1.165, 1.54) is 12.2 Å². The van der Waals surface area contributed by atoms with Crippen LogP contribution in [-0.4, -0.2) is 51.8 Å². The molecule has 0 spiro atoms. The van der Waals surface area contributed by atoms with Crippen LogP contribution in [-0.2, 0) is 6.54 Å². The molecule has 1 N–H and O–H groups in total. The van der Waals surface area contributed by atoms with Gasteiger partial charge in [0.05, 0.1) is 17.9 Å². The third kappa shape index (κ3) is 4.12. The standard InChI is InChI=1S/C18H25N5S/c1-3-17-14-22(11-12-24-17)18(19-2)20-13-15-9-10-23(21-15)16-7-5-4-6-8-16/h4-10,17H,3,11-14H2,1-2H3,(H,19,20). The molecule has 0 saturated carbocycles. The van der Waals surface area contributed by atoms with Gasteiger partial charge in [-0.2, -0.15) is 16.9 Å². The third-order valence-electron chi connectivity index (χ3n) is 4.20. The molecule has 1 aliphatic heterocycles. The van der Waals surface area contributed by atoms with E-state index in [1.54, 1.807) is 0 Å². The van der Waals surface area contributed by atoms with E-state index in [2.05, 4.69) is 51.1 Å². The zero-order chi connectivity index (χ0) is 16.8. The zero-order valence-electron chi connectivity index (χ0n) is 14.4. The SMILES string of the molecule is CCC1CN(C(=NC)NCc2ccn(-c3ccccc3)n2)CCS1. The van der Waals surface area contributed by atoms with Gasteiger partial charge in [0.25, 0.3) is 0 Å². The molecular weight excluding hydrogens is 318 g/mol. The van der Waals surface area contributed by atoms with Crippen molar-refractivity contribution < 1.29 is 0 Å². The molecule has 5 nitrogen and oxygen atoms in total. The maximum absolute atomic E-state index is 4.64. The second-order valence-corrected chi connectivity index (χ2v) is 7.24. The van der Waals surface area contributed by atoms with Crippen LogP contribution in [0.25, 0.3) is 5.69 Å². The Morgan fingerprint density at radius 1 is 1.33 bits per heavy atom. The summed E-state index contributed by atoms with van der Waals surface area (Å²) in [6.07, 6.45) is 3.21. The van der Waals surface area contributed by atoms with E-state index >= 15 is 0 Å². The van der Waals surface area contributed by atoms with Gasteiger partial charge in [-0.15, -0.1) is 0 Å². The van der Waals surface area contributed by atoms with Crippen LogP contribution in [0.5, 0.6) is 0 Å². The fourth-order valence-electron chi connectivity index (χ4n) is 2.84. The summed E-state index contributed by atoms with van der Waals surface area (Å²) in [7, 11) is 1.85. The van der Waals surface area contributed by atoms with Crippen molar-refractivity contribution in [1.82, 2.24) is 20.0 Å². The first-order valence-electron chi connectivity index (χ1n) is 8.47. The summed E-state index contributed by atoms with van der Waals surface area (Å²) in [5.74, 6) is 2.14. The molecule has 1 aromatic heterocycles. The van der Waals surface area contributed by atoms with Gasteiger partial charge in [-0.3, -0.25) is 4.99 Å². The highest BCUT2D eigenvalue weighted by Crippen LogP contribution is 2.21. The lowest BCUT2D eigenvalue weighted by molar-refractivity contribution is 0.407. The summed E-state index contributed by atoms with van der Waals surface area (Å²) in [6, 6.07) is 12.2. The second-order valence-electron chi connectivity index (χ2n) is 5.84. The number of hydrogen-bond donors (Lipinski definition) is 1. The van der Waals surface area contributed by atoms with Crippen molar-refractivity contribution in [1.29, 1.82) is 0 Å². The Morgan fingerprint density at radius 2 is 2.17 bits per heavy atom. The first kappa shape index (κ1) is 16.9. The predicted molar refractivity (Wildman–Crippen MR) is 102 cm³/mol. The van der Waals surface area contributed by atoms with E-state index in [0.717, 1.165) is 30.4 Å². The molecule has 0 bridgehead atoms. The maximum Gasteiger partial charge on any atom is 0.194 e. The molecule has 128 valence electrons. The summed E-state index contributed by atoms with van der Waals surface area (Å²) in [4.78, 5) is 6.81. The Kier molecular flexibility index (Phi) is 5.80. The molecule has 1 aromatic carbocycles. The van der Waals surface area contributed by atoms with E-state index in [1.807, 2.05) is 42.2 Å². The highest BCUT2D eigenvalue weighted by molar-refractivity contribution is 8.00. The van der Waals surface area contributed by atoms with Gasteiger partial charge < -0.3 is 10.2 Å². The monoisotopic (exact) mass is 343 g/mol. The van der Waals surface area contributed by atoms with Crippen molar-refractivity contribution in [3.8, 4) is 5.69 Å². The lowest BCUT2D eigenvalue weighted by Crippen LogP contribution is -2.47. The quantitative estimate of drug-likeness (QED) is 0.685. The summed E-state index contributed by atoms with van der Waals surface area (Å²) in [6.45, 7) is 5.07. The third-order valence-corrected chi connectivity index (χ3v) is 5.57. The molecule has 24 heavy (non-hydrogen) atoms. The molecule has 2 heterocycles. The number of hydrogen-bond acceptors (Lipinski definition) is 3. The molecular formula is C18H25N5S. The number of para-hydroxylation sites is 1. The average Bonchev–Trinajstić information content (AvgIpc) is 3.12. The topological polar surface area (TPSA) is 45.5 Å². The fourth-order valence-corrected chi connectivity index (χ4v) is 4.02. The van der Waals surface area contributed by atoms with Crippen molar-refractivity contribution in [2.45, 2.75) is 25.1 Å². The van der Waals surface area contributed by atoms with Gasteiger partial charge in [0.2, 0.25) is 0 Å². The summed E-state index contributed by atoms with van der Waals surface area (Å²) >= 11 is 2.07. The normalized spacial score (nSPS) is 18.7. The van der Waals surface area contributed by atoms with Crippen molar-refractivity contribution in [3.05, 3.63) is 48.3 Å². The molecule has 2 aromatic rings. The number of aliphatic imine (C=N–C) groups is 1. The summed E-state index contributed by atoms with van der Waals surface area (Å²) < 4.78 is 1.91. The van der Waals surface area contributed by atoms with Gasteiger partial charge in [0.1, 0.15) is 0 Å². The van der Waals surface area contributed by atoms with E-state index in [9.17, 15) is 0 Å². The second kappa shape index (κ2) is 8.24. The molecule has 0 aliphatic carbocycles. The number of benzene rings is 1. The van der Waals surface area contributed by atoms with Crippen LogP contribution in [0.2, 0.25) is 0 Å². The predicted octanol–water partition coefficient (Wildman–Crippen LogP) is 2.78. The van der Waals surface area contributed by atoms with Gasteiger partial charge in [0.15, 0.2) is 5.96 Å². The van der Waals surface area contributed by atoms with E-state index in [0.29, 0.717) is 11.8 Å². The Hall–Kier alpha value is -1.95. The van der Waals surface area contributed by atoms with Gasteiger partial charge in [0, 0.05) is 37.3 Å². The van der Waals surface area contributed by atoms with E-state index in [-0.39, 0.29) is 0 Å². The van der Waals surface area contributed by atoms with E-state index < -0.39 is 0 Å². The first-order valence-corrected chi connectivity index (χ1v) is 9.52. The highest BCUT2D eigenvalue weighted by atomic mass is 32.2. The minimum absolute atomic E-state index is 0.687. The van der Waals surface area contributed by atoms with Crippen molar-refractivity contribution in [2.24, 2.45) is 4.99 Å². The molecule has 6 heteroatoms. The number of guanidine groups is 1. The summed E-state index contributed by atoms with van der Waals surface area (Å²) in [5, 5.41) is 8.80. The minimum atomic E-state index is 0.687. The molecule has 1 aliphatic rings. The maximum atomic E-state index is 4.64. The molecule has 0 radical (unpaired) electrons. The van der Waals surface area contributed by atoms with Crippen LogP contribution in [0.1, 0.15) is 19.0 Å². The Bertz CT molecular complexity index is 667. The van der Waals surface area contributed by atoms with Crippen molar-refractivity contribution in [3.63, 3.8) is 0 Å². The Balaban J connectivity index is 1.59. The van der Waals surface area contributed by atoms with Crippen LogP contribution in [0.3, 0.4) is 0 Å². The minimum Gasteiger partial charge on any atom is -0.351 e. The summed E-state index contributed by atoms with van der Waals surface area (Å²) in [5.41, 5.74) is 2.09. The molecule has 1 fully saturated rings. The van der Waals surface area contributed by atoms with Crippen LogP contribution in [0, 0.1) is 0 Å². The van der Waals surface area contributed by atoms with Gasteiger partial charge in [-0.25, -0.2) is 4.68 Å². The molecule has 3 rings (SSSR count). The number of thioether (sulfide) groups is 1. The largest absolute Gasteiger partial charge is 0.351 e. The van der Waals surface area contributed by atoms with Gasteiger partial charge in [-0.1, -0.05) is 25.1 Å². The van der Waals surface area contributed by atoms with E-state index in [4.69, 9.17) is 0 Å². The zero-order valence-corrected chi connectivity index (χ0v) is 15.2. The highest BCUT2D eigenvalue weighted by Gasteiger charge is 2.21. The molecule has 0 amide bonds. The Morgan fingerprint density at radius 3 is 2.92 bits per heavy atom. The Labute approximate surface area is 148 Å². The number of nitrogens with one attached hydrogen (secondary N) is 1. The first-order chi connectivity index (χ1) is 11.8. The smallest absolute Gasteiger partial charge is 0.194 e. The number of aromatic nitrogens is 2. The van der Waals surface area contributed by atoms with Crippen LogP contribution < -0.4 is 5.32 Å². The lowest BCUT2D eigenvalue weighted by Gasteiger charge is -2.34. The van der Waals surface area contributed by atoms with Gasteiger partial charge in [-0.05, 0) is 24.6 Å². The van der Waals surface area contributed by atoms with Crippen molar-refractivity contribution >= 4 is 17.7 Å². The molecule has 1 atom stereocenters. The van der Waals surface area contributed by atoms with Gasteiger partial charge >= 0.3 is 0 Å². The average molecular weight is 344 g/mol. The lowest BCUT2D eigenvalue weighted by atomic mass is 10.3. The fraction of sp³-hybridized carbons (Fsp3) is 0.444. The van der Waals surface area contributed by atoms with Crippen LogP contribution >= 0.6 is 11.8 Å². The number of rotatable bonds is 4. The molecule has 1 unspecified atom stereocenters.